The van der Waals surface area contributed by atoms with Crippen molar-refractivity contribution < 1.29 is 14.3 Å². The number of ether oxygens (including phenoxy) is 1. The highest BCUT2D eigenvalue weighted by Gasteiger charge is 2.25. The van der Waals surface area contributed by atoms with Gasteiger partial charge in [0.05, 0.1) is 13.0 Å². The van der Waals surface area contributed by atoms with Crippen LogP contribution in [0, 0.1) is 0 Å². The number of rotatable bonds is 7. The number of amides is 1. The smallest absolute Gasteiger partial charge is 0.325 e. The van der Waals surface area contributed by atoms with Crippen LogP contribution in [0.4, 0.5) is 0 Å². The van der Waals surface area contributed by atoms with Gasteiger partial charge in [-0.25, -0.2) is 0 Å². The van der Waals surface area contributed by atoms with Crippen molar-refractivity contribution >= 4 is 11.9 Å². The molecule has 1 aromatic carbocycles. The zero-order valence-corrected chi connectivity index (χ0v) is 12.5. The molecule has 0 aliphatic rings. The van der Waals surface area contributed by atoms with Crippen molar-refractivity contribution in [1.82, 2.24) is 4.90 Å². The molecular weight excluding hydrogens is 254 g/mol. The lowest BCUT2D eigenvalue weighted by molar-refractivity contribution is -0.147. The molecule has 0 fully saturated rings. The average Bonchev–Trinajstić information content (AvgIpc) is 2.48. The Bertz CT molecular complexity index is 431. The minimum Gasteiger partial charge on any atom is -0.468 e. The fourth-order valence-electron chi connectivity index (χ4n) is 2.22. The summed E-state index contributed by atoms with van der Waals surface area (Å²) in [5.74, 6) is -0.590. The molecule has 0 bridgehead atoms. The molecule has 1 unspecified atom stereocenters. The molecule has 1 atom stereocenters. The van der Waals surface area contributed by atoms with E-state index in [9.17, 15) is 9.59 Å². The third-order valence-corrected chi connectivity index (χ3v) is 3.26. The zero-order valence-electron chi connectivity index (χ0n) is 12.5. The van der Waals surface area contributed by atoms with Gasteiger partial charge < -0.3 is 9.64 Å². The van der Waals surface area contributed by atoms with E-state index in [2.05, 4.69) is 4.74 Å². The molecule has 1 rings (SSSR count). The minimum atomic E-state index is -0.380. The maximum absolute atomic E-state index is 12.6. The third-order valence-electron chi connectivity index (χ3n) is 3.26. The first-order chi connectivity index (χ1) is 9.63. The molecule has 20 heavy (non-hydrogen) atoms. The van der Waals surface area contributed by atoms with Crippen molar-refractivity contribution in [2.24, 2.45) is 0 Å². The summed E-state index contributed by atoms with van der Waals surface area (Å²) in [5.41, 5.74) is 0.992. The van der Waals surface area contributed by atoms with Crippen LogP contribution in [0.1, 0.15) is 38.2 Å². The third kappa shape index (κ3) is 4.37. The number of nitrogens with zero attached hydrogens (tertiary/aromatic N) is 1. The molecule has 1 amide bonds. The van der Waals surface area contributed by atoms with Crippen molar-refractivity contribution in [1.29, 1.82) is 0 Å². The van der Waals surface area contributed by atoms with Gasteiger partial charge >= 0.3 is 5.97 Å². The quantitative estimate of drug-likeness (QED) is 0.720. The number of benzene rings is 1. The Hall–Kier alpha value is -1.84. The van der Waals surface area contributed by atoms with E-state index in [1.165, 1.54) is 7.11 Å². The van der Waals surface area contributed by atoms with Crippen LogP contribution >= 0.6 is 0 Å². The van der Waals surface area contributed by atoms with Crippen molar-refractivity contribution in [2.75, 3.05) is 20.2 Å². The van der Waals surface area contributed by atoms with Crippen LogP contribution in [-0.4, -0.2) is 37.0 Å². The fraction of sp³-hybridized carbons (Fsp3) is 0.500. The van der Waals surface area contributed by atoms with Gasteiger partial charge in [-0.15, -0.1) is 0 Å². The fourth-order valence-corrected chi connectivity index (χ4v) is 2.22. The largest absolute Gasteiger partial charge is 0.468 e. The number of hydrogen-bond acceptors (Lipinski definition) is 3. The SMILES string of the molecule is CCCN(CC(=O)OC)C(=O)C(CC)c1ccccc1. The Morgan fingerprint density at radius 1 is 1.20 bits per heavy atom. The van der Waals surface area contributed by atoms with Gasteiger partial charge in [-0.05, 0) is 18.4 Å². The highest BCUT2D eigenvalue weighted by Crippen LogP contribution is 2.22. The average molecular weight is 277 g/mol. The van der Waals surface area contributed by atoms with E-state index in [0.717, 1.165) is 12.0 Å². The second-order valence-electron chi connectivity index (χ2n) is 4.71. The highest BCUT2D eigenvalue weighted by atomic mass is 16.5. The zero-order chi connectivity index (χ0) is 15.0. The second-order valence-corrected chi connectivity index (χ2v) is 4.71. The van der Waals surface area contributed by atoms with Gasteiger partial charge in [0, 0.05) is 6.54 Å². The van der Waals surface area contributed by atoms with Gasteiger partial charge in [0.1, 0.15) is 6.54 Å². The second kappa shape index (κ2) is 8.35. The molecule has 110 valence electrons. The van der Waals surface area contributed by atoms with Gasteiger partial charge in [-0.2, -0.15) is 0 Å². The van der Waals surface area contributed by atoms with E-state index < -0.39 is 0 Å². The van der Waals surface area contributed by atoms with E-state index >= 15 is 0 Å². The first-order valence-electron chi connectivity index (χ1n) is 7.04. The Kier molecular flexibility index (Phi) is 6.77. The van der Waals surface area contributed by atoms with E-state index in [1.807, 2.05) is 44.2 Å². The van der Waals surface area contributed by atoms with Crippen LogP contribution in [0.2, 0.25) is 0 Å². The van der Waals surface area contributed by atoms with Gasteiger partial charge in [0.2, 0.25) is 5.91 Å². The number of esters is 1. The first-order valence-corrected chi connectivity index (χ1v) is 7.04. The van der Waals surface area contributed by atoms with Crippen LogP contribution in [0.15, 0.2) is 30.3 Å². The predicted octanol–water partition coefficient (Wildman–Crippen LogP) is 2.59. The van der Waals surface area contributed by atoms with Gasteiger partial charge in [-0.3, -0.25) is 9.59 Å². The first kappa shape index (κ1) is 16.2. The van der Waals surface area contributed by atoms with E-state index in [-0.39, 0.29) is 24.3 Å². The van der Waals surface area contributed by atoms with Crippen LogP contribution in [0.25, 0.3) is 0 Å². The van der Waals surface area contributed by atoms with E-state index in [0.29, 0.717) is 13.0 Å². The lowest BCUT2D eigenvalue weighted by Gasteiger charge is -2.26. The summed E-state index contributed by atoms with van der Waals surface area (Å²) < 4.78 is 4.66. The summed E-state index contributed by atoms with van der Waals surface area (Å²) in [6.07, 6.45) is 1.53. The monoisotopic (exact) mass is 277 g/mol. The Balaban J connectivity index is 2.88. The lowest BCUT2D eigenvalue weighted by atomic mass is 9.95. The van der Waals surface area contributed by atoms with Crippen molar-refractivity contribution in [2.45, 2.75) is 32.6 Å². The van der Waals surface area contributed by atoms with Crippen molar-refractivity contribution in [3.8, 4) is 0 Å². The summed E-state index contributed by atoms with van der Waals surface area (Å²) in [6, 6.07) is 9.69. The number of methoxy groups -OCH3 is 1. The molecule has 0 N–H and O–H groups in total. The summed E-state index contributed by atoms with van der Waals surface area (Å²) in [6.45, 7) is 4.56. The van der Waals surface area contributed by atoms with Crippen LogP contribution in [0.3, 0.4) is 0 Å². The standard InChI is InChI=1S/C16H23NO3/c1-4-11-17(12-15(18)20-3)16(19)14(5-2)13-9-7-6-8-10-13/h6-10,14H,4-5,11-12H2,1-3H3. The van der Waals surface area contributed by atoms with Gasteiger partial charge in [0.15, 0.2) is 0 Å². The van der Waals surface area contributed by atoms with Crippen LogP contribution in [0.5, 0.6) is 0 Å². The van der Waals surface area contributed by atoms with Gasteiger partial charge in [0.25, 0.3) is 0 Å². The van der Waals surface area contributed by atoms with E-state index in [1.54, 1.807) is 4.90 Å². The molecule has 4 heteroatoms. The summed E-state index contributed by atoms with van der Waals surface area (Å²) in [4.78, 5) is 25.7. The Labute approximate surface area is 120 Å². The highest BCUT2D eigenvalue weighted by molar-refractivity contribution is 5.87. The molecule has 1 aromatic rings. The molecule has 0 radical (unpaired) electrons. The van der Waals surface area contributed by atoms with Crippen LogP contribution in [-0.2, 0) is 14.3 Å². The lowest BCUT2D eigenvalue weighted by Crippen LogP contribution is -2.39. The summed E-state index contributed by atoms with van der Waals surface area (Å²) in [5, 5.41) is 0. The molecule has 0 saturated carbocycles. The topological polar surface area (TPSA) is 46.6 Å². The van der Waals surface area contributed by atoms with Crippen molar-refractivity contribution in [3.05, 3.63) is 35.9 Å². The molecule has 0 aliphatic heterocycles. The summed E-state index contributed by atoms with van der Waals surface area (Å²) in [7, 11) is 1.34. The predicted molar refractivity (Wildman–Crippen MR) is 78.4 cm³/mol. The number of hydrogen-bond donors (Lipinski definition) is 0. The molecule has 0 spiro atoms. The molecule has 0 aliphatic carbocycles. The maximum atomic E-state index is 12.6. The molecule has 0 saturated heterocycles. The summed E-state index contributed by atoms with van der Waals surface area (Å²) >= 11 is 0. The van der Waals surface area contributed by atoms with Crippen LogP contribution < -0.4 is 0 Å². The normalized spacial score (nSPS) is 11.8. The van der Waals surface area contributed by atoms with Gasteiger partial charge in [-0.1, -0.05) is 44.2 Å². The molecule has 0 heterocycles. The van der Waals surface area contributed by atoms with Crippen molar-refractivity contribution in [3.63, 3.8) is 0 Å². The molecule has 0 aromatic heterocycles. The maximum Gasteiger partial charge on any atom is 0.325 e. The minimum absolute atomic E-state index is 0.00838. The Morgan fingerprint density at radius 2 is 1.85 bits per heavy atom. The Morgan fingerprint density at radius 3 is 2.35 bits per heavy atom. The molecule has 4 nitrogen and oxygen atoms in total. The number of carbonyl (C=O) groups excluding carboxylic acids is 2. The van der Waals surface area contributed by atoms with E-state index in [4.69, 9.17) is 0 Å². The number of carbonyl (C=O) groups is 2. The molecular formula is C16H23NO3.